The maximum atomic E-state index is 8.61. The summed E-state index contributed by atoms with van der Waals surface area (Å²) in [7, 11) is 0. The summed E-state index contributed by atoms with van der Waals surface area (Å²) in [4.78, 5) is 4.08. The van der Waals surface area contributed by atoms with Gasteiger partial charge in [-0.15, -0.1) is 0 Å². The molecule has 0 heterocycles. The Labute approximate surface area is 73.5 Å². The lowest BCUT2D eigenvalue weighted by Gasteiger charge is -1.99. The number of hydrogen-bond donors (Lipinski definition) is 1. The normalized spacial score (nSPS) is 14.2. The van der Waals surface area contributed by atoms with E-state index in [1.807, 2.05) is 26.8 Å². The topological polar surface area (TPSA) is 45.0 Å². The van der Waals surface area contributed by atoms with Crippen LogP contribution in [0.1, 0.15) is 33.6 Å². The maximum Gasteiger partial charge on any atom is 0.101 e. The van der Waals surface area contributed by atoms with E-state index in [1.54, 1.807) is 6.20 Å². The first-order chi connectivity index (χ1) is 5.76. The van der Waals surface area contributed by atoms with Crippen LogP contribution in [0.25, 0.3) is 0 Å². The summed E-state index contributed by atoms with van der Waals surface area (Å²) < 4.78 is 0. The third-order valence-electron chi connectivity index (χ3n) is 1.44. The molecule has 68 valence electrons. The highest BCUT2D eigenvalue weighted by Gasteiger charge is 2.01. The van der Waals surface area contributed by atoms with E-state index in [1.165, 1.54) is 0 Å². The fourth-order valence-corrected chi connectivity index (χ4v) is 0.801. The number of hydrogen-bond acceptors (Lipinski definition) is 3. The summed E-state index contributed by atoms with van der Waals surface area (Å²) in [5, 5.41) is 11.8. The Morgan fingerprint density at radius 2 is 2.17 bits per heavy atom. The van der Waals surface area contributed by atoms with Crippen LogP contribution in [-0.4, -0.2) is 16.6 Å². The minimum absolute atomic E-state index is 0.663. The molecule has 0 aliphatic rings. The molecule has 0 aromatic carbocycles. The van der Waals surface area contributed by atoms with Crippen molar-refractivity contribution in [2.24, 2.45) is 10.1 Å². The predicted octanol–water partition coefficient (Wildman–Crippen LogP) is 2.61. The molecular formula is C9H16N2O. The Kier molecular flexibility index (Phi) is 5.97. The van der Waals surface area contributed by atoms with E-state index in [0.717, 1.165) is 18.6 Å². The van der Waals surface area contributed by atoms with Crippen LogP contribution in [0.2, 0.25) is 0 Å². The van der Waals surface area contributed by atoms with E-state index in [-0.39, 0.29) is 0 Å². The van der Waals surface area contributed by atoms with E-state index in [4.69, 9.17) is 5.21 Å². The van der Waals surface area contributed by atoms with Gasteiger partial charge in [-0.3, -0.25) is 4.99 Å². The van der Waals surface area contributed by atoms with Gasteiger partial charge in [0.1, 0.15) is 5.71 Å². The molecule has 0 saturated carbocycles. The van der Waals surface area contributed by atoms with Crippen molar-refractivity contribution in [3.8, 4) is 0 Å². The van der Waals surface area contributed by atoms with Gasteiger partial charge < -0.3 is 5.21 Å². The summed E-state index contributed by atoms with van der Waals surface area (Å²) in [5.41, 5.74) is 1.44. The zero-order valence-electron chi connectivity index (χ0n) is 7.91. The van der Waals surface area contributed by atoms with E-state index in [0.29, 0.717) is 5.71 Å². The smallest absolute Gasteiger partial charge is 0.101 e. The Morgan fingerprint density at radius 3 is 2.58 bits per heavy atom. The van der Waals surface area contributed by atoms with Crippen molar-refractivity contribution in [2.45, 2.75) is 33.6 Å². The minimum Gasteiger partial charge on any atom is -0.411 e. The number of rotatable bonds is 4. The third kappa shape index (κ3) is 3.91. The maximum absolute atomic E-state index is 8.61. The second-order valence-electron chi connectivity index (χ2n) is 2.49. The highest BCUT2D eigenvalue weighted by molar-refractivity contribution is 6.41. The monoisotopic (exact) mass is 168 g/mol. The molecule has 0 saturated heterocycles. The van der Waals surface area contributed by atoms with Crippen LogP contribution < -0.4 is 0 Å². The van der Waals surface area contributed by atoms with Gasteiger partial charge in [-0.2, -0.15) is 0 Å². The molecule has 3 heteroatoms. The zero-order valence-corrected chi connectivity index (χ0v) is 7.91. The van der Waals surface area contributed by atoms with Crippen LogP contribution in [0, 0.1) is 0 Å². The fourth-order valence-electron chi connectivity index (χ4n) is 0.801. The number of aliphatic imine (C=N–C) groups is 1. The van der Waals surface area contributed by atoms with Gasteiger partial charge in [0.15, 0.2) is 0 Å². The van der Waals surface area contributed by atoms with Gasteiger partial charge in [-0.25, -0.2) is 0 Å². The van der Waals surface area contributed by atoms with Crippen molar-refractivity contribution in [1.29, 1.82) is 0 Å². The van der Waals surface area contributed by atoms with Crippen molar-refractivity contribution >= 4 is 11.4 Å². The average molecular weight is 168 g/mol. The highest BCUT2D eigenvalue weighted by atomic mass is 16.4. The molecule has 0 aliphatic heterocycles. The van der Waals surface area contributed by atoms with Gasteiger partial charge in [-0.1, -0.05) is 24.6 Å². The van der Waals surface area contributed by atoms with E-state index < -0.39 is 0 Å². The standard InChI is InChI=1S/C9H16N2O/c1-4-6-9(11-12)8(3)10-7-5-2/h5,7,12H,4,6H2,1-3H3/b7-5+,10-8+,11-9+. The van der Waals surface area contributed by atoms with Crippen LogP contribution in [0.3, 0.4) is 0 Å². The number of allylic oxidation sites excluding steroid dienone is 1. The molecule has 12 heavy (non-hydrogen) atoms. The van der Waals surface area contributed by atoms with Crippen molar-refractivity contribution in [3.05, 3.63) is 12.3 Å². The highest BCUT2D eigenvalue weighted by Crippen LogP contribution is 1.95. The minimum atomic E-state index is 0.663. The number of nitrogens with zero attached hydrogens (tertiary/aromatic N) is 2. The molecule has 0 aromatic rings. The molecule has 0 fully saturated rings. The molecule has 0 aromatic heterocycles. The van der Waals surface area contributed by atoms with Crippen molar-refractivity contribution in [1.82, 2.24) is 0 Å². The van der Waals surface area contributed by atoms with Crippen LogP contribution >= 0.6 is 0 Å². The SMILES string of the molecule is C/C=C/N=C(C)/C(CCC)=N/O. The Hall–Kier alpha value is -1.12. The molecule has 0 rings (SSSR count). The van der Waals surface area contributed by atoms with E-state index in [9.17, 15) is 0 Å². The molecule has 0 amide bonds. The van der Waals surface area contributed by atoms with Crippen LogP contribution in [-0.2, 0) is 0 Å². The van der Waals surface area contributed by atoms with E-state index >= 15 is 0 Å². The quantitative estimate of drug-likeness (QED) is 0.391. The van der Waals surface area contributed by atoms with Gasteiger partial charge in [0.25, 0.3) is 0 Å². The molecule has 0 atom stereocenters. The van der Waals surface area contributed by atoms with Crippen molar-refractivity contribution in [2.75, 3.05) is 0 Å². The van der Waals surface area contributed by atoms with Gasteiger partial charge in [0, 0.05) is 6.20 Å². The molecule has 0 spiro atoms. The van der Waals surface area contributed by atoms with Crippen LogP contribution in [0.4, 0.5) is 0 Å². The largest absolute Gasteiger partial charge is 0.411 e. The fraction of sp³-hybridized carbons (Fsp3) is 0.556. The lowest BCUT2D eigenvalue weighted by atomic mass is 10.1. The summed E-state index contributed by atoms with van der Waals surface area (Å²) in [6, 6.07) is 0. The summed E-state index contributed by atoms with van der Waals surface area (Å²) in [6.45, 7) is 5.77. The molecule has 0 unspecified atom stereocenters. The second kappa shape index (κ2) is 6.58. The molecular weight excluding hydrogens is 152 g/mol. The van der Waals surface area contributed by atoms with Crippen LogP contribution in [0.15, 0.2) is 22.4 Å². The van der Waals surface area contributed by atoms with Gasteiger partial charge >= 0.3 is 0 Å². The van der Waals surface area contributed by atoms with Crippen molar-refractivity contribution in [3.63, 3.8) is 0 Å². The first-order valence-electron chi connectivity index (χ1n) is 4.13. The Morgan fingerprint density at radius 1 is 1.50 bits per heavy atom. The van der Waals surface area contributed by atoms with Gasteiger partial charge in [0.2, 0.25) is 0 Å². The zero-order chi connectivity index (χ0) is 9.40. The first-order valence-corrected chi connectivity index (χ1v) is 4.13. The first kappa shape index (κ1) is 10.9. The molecule has 3 nitrogen and oxygen atoms in total. The average Bonchev–Trinajstić information content (AvgIpc) is 2.10. The molecule has 0 aliphatic carbocycles. The second-order valence-corrected chi connectivity index (χ2v) is 2.49. The predicted molar refractivity (Wildman–Crippen MR) is 52.1 cm³/mol. The molecule has 0 bridgehead atoms. The van der Waals surface area contributed by atoms with Gasteiger partial charge in [0.05, 0.1) is 5.71 Å². The third-order valence-corrected chi connectivity index (χ3v) is 1.44. The van der Waals surface area contributed by atoms with Gasteiger partial charge in [-0.05, 0) is 20.3 Å². The molecule has 0 radical (unpaired) electrons. The Bertz CT molecular complexity index is 205. The lowest BCUT2D eigenvalue weighted by molar-refractivity contribution is 0.318. The van der Waals surface area contributed by atoms with Crippen molar-refractivity contribution < 1.29 is 5.21 Å². The van der Waals surface area contributed by atoms with E-state index in [2.05, 4.69) is 10.1 Å². The summed E-state index contributed by atoms with van der Waals surface area (Å²) in [6.07, 6.45) is 5.26. The Balaban J connectivity index is 4.31. The number of oxime groups is 1. The molecule has 1 N–H and O–H groups in total. The summed E-state index contributed by atoms with van der Waals surface area (Å²) >= 11 is 0. The van der Waals surface area contributed by atoms with Crippen LogP contribution in [0.5, 0.6) is 0 Å². The summed E-state index contributed by atoms with van der Waals surface area (Å²) in [5.74, 6) is 0. The lowest BCUT2D eigenvalue weighted by Crippen LogP contribution is -2.09.